The molecular weight excluding hydrogens is 260 g/mol. The van der Waals surface area contributed by atoms with Crippen molar-refractivity contribution in [3.63, 3.8) is 0 Å². The lowest BCUT2D eigenvalue weighted by Crippen LogP contribution is -2.12. The summed E-state index contributed by atoms with van der Waals surface area (Å²) in [4.78, 5) is 23.8. The number of methoxy groups -OCH3 is 1. The van der Waals surface area contributed by atoms with Gasteiger partial charge in [0.05, 0.1) is 37.4 Å². The van der Waals surface area contributed by atoms with Crippen LogP contribution in [0.15, 0.2) is 30.7 Å². The number of nitrogens with one attached hydrogen (secondary N) is 1. The molecule has 2 rings (SSSR count). The average Bonchev–Trinajstić information content (AvgIpc) is 2.49. The largest absolute Gasteiger partial charge is 0.478 e. The van der Waals surface area contributed by atoms with E-state index in [0.29, 0.717) is 23.7 Å². The number of hydrogen-bond acceptors (Lipinski definition) is 6. The zero-order valence-electron chi connectivity index (χ0n) is 11.2. The van der Waals surface area contributed by atoms with Crippen LogP contribution in [0.1, 0.15) is 17.3 Å². The smallest absolute Gasteiger partial charge is 0.316 e. The van der Waals surface area contributed by atoms with Gasteiger partial charge in [-0.25, -0.2) is 15.0 Å². The number of carbonyl (C=O) groups is 1. The summed E-state index contributed by atoms with van der Waals surface area (Å²) in [5, 5.41) is 2.66. The number of aromatic nitrogens is 3. The highest BCUT2D eigenvalue weighted by atomic mass is 16.5. The zero-order valence-corrected chi connectivity index (χ0v) is 11.2. The highest BCUT2D eigenvalue weighted by Crippen LogP contribution is 2.11. The van der Waals surface area contributed by atoms with E-state index in [1.807, 2.05) is 6.92 Å². The fraction of sp³-hybridized carbons (Fsp3) is 0.231. The third-order valence-corrected chi connectivity index (χ3v) is 2.36. The minimum absolute atomic E-state index is 0.241. The lowest BCUT2D eigenvalue weighted by atomic mass is 10.2. The number of rotatable bonds is 5. The van der Waals surface area contributed by atoms with E-state index in [1.54, 1.807) is 12.1 Å². The quantitative estimate of drug-likeness (QED) is 0.889. The second kappa shape index (κ2) is 6.46. The van der Waals surface area contributed by atoms with Gasteiger partial charge in [-0.05, 0) is 13.0 Å². The van der Waals surface area contributed by atoms with Crippen LogP contribution in [0, 0.1) is 0 Å². The predicted molar refractivity (Wildman–Crippen MR) is 71.9 cm³/mol. The van der Waals surface area contributed by atoms with E-state index in [1.165, 1.54) is 25.7 Å². The maximum atomic E-state index is 12.0. The van der Waals surface area contributed by atoms with Crippen molar-refractivity contribution in [3.05, 3.63) is 36.3 Å². The highest BCUT2D eigenvalue weighted by molar-refractivity contribution is 6.03. The minimum atomic E-state index is -0.297. The van der Waals surface area contributed by atoms with Crippen molar-refractivity contribution in [2.75, 3.05) is 19.0 Å². The number of amides is 1. The molecule has 0 aliphatic rings. The van der Waals surface area contributed by atoms with Crippen molar-refractivity contribution < 1.29 is 14.3 Å². The maximum absolute atomic E-state index is 12.0. The van der Waals surface area contributed by atoms with Crippen LogP contribution in [0.3, 0.4) is 0 Å². The van der Waals surface area contributed by atoms with Gasteiger partial charge in [0, 0.05) is 12.3 Å². The summed E-state index contributed by atoms with van der Waals surface area (Å²) < 4.78 is 10.0. The summed E-state index contributed by atoms with van der Waals surface area (Å²) >= 11 is 0. The van der Waals surface area contributed by atoms with Gasteiger partial charge in [0.2, 0.25) is 5.88 Å². The number of pyridine rings is 1. The standard InChI is InChI=1S/C13H14N4O3/c1-3-20-11-5-4-9(6-14-11)12(18)17-10-7-15-13(19-2)16-8-10/h4-8H,3H2,1-2H3,(H,17,18). The molecule has 7 heteroatoms. The average molecular weight is 274 g/mol. The van der Waals surface area contributed by atoms with Crippen molar-refractivity contribution in [1.29, 1.82) is 0 Å². The van der Waals surface area contributed by atoms with Gasteiger partial charge in [0.15, 0.2) is 0 Å². The van der Waals surface area contributed by atoms with Gasteiger partial charge >= 0.3 is 6.01 Å². The normalized spacial score (nSPS) is 9.90. The Hall–Kier alpha value is -2.70. The Kier molecular flexibility index (Phi) is 4.43. The molecule has 2 heterocycles. The Morgan fingerprint density at radius 1 is 1.20 bits per heavy atom. The summed E-state index contributed by atoms with van der Waals surface area (Å²) in [5.74, 6) is 0.186. The van der Waals surface area contributed by atoms with Crippen LogP contribution in [-0.2, 0) is 0 Å². The summed E-state index contributed by atoms with van der Waals surface area (Å²) in [7, 11) is 1.47. The first kappa shape index (κ1) is 13.7. The van der Waals surface area contributed by atoms with Crippen LogP contribution in [0.2, 0.25) is 0 Å². The minimum Gasteiger partial charge on any atom is -0.478 e. The molecule has 2 aromatic heterocycles. The first-order valence-electron chi connectivity index (χ1n) is 5.99. The summed E-state index contributed by atoms with van der Waals surface area (Å²) in [6.07, 6.45) is 4.38. The molecule has 20 heavy (non-hydrogen) atoms. The molecule has 0 aliphatic carbocycles. The van der Waals surface area contributed by atoms with E-state index in [2.05, 4.69) is 20.3 Å². The van der Waals surface area contributed by atoms with Crippen LogP contribution in [0.4, 0.5) is 5.69 Å². The van der Waals surface area contributed by atoms with Crippen LogP contribution < -0.4 is 14.8 Å². The summed E-state index contributed by atoms with van der Waals surface area (Å²) in [5.41, 5.74) is 0.897. The van der Waals surface area contributed by atoms with Crippen LogP contribution in [0.25, 0.3) is 0 Å². The van der Waals surface area contributed by atoms with E-state index in [4.69, 9.17) is 9.47 Å². The number of carbonyl (C=O) groups excluding carboxylic acids is 1. The first-order chi connectivity index (χ1) is 9.72. The molecule has 104 valence electrons. The molecule has 0 saturated heterocycles. The Morgan fingerprint density at radius 3 is 2.50 bits per heavy atom. The fourth-order valence-electron chi connectivity index (χ4n) is 1.44. The maximum Gasteiger partial charge on any atom is 0.316 e. The SMILES string of the molecule is CCOc1ccc(C(=O)Nc2cnc(OC)nc2)cn1. The van der Waals surface area contributed by atoms with Gasteiger partial charge < -0.3 is 14.8 Å². The van der Waals surface area contributed by atoms with Crippen molar-refractivity contribution in [3.8, 4) is 11.9 Å². The molecule has 0 fully saturated rings. The molecule has 1 N–H and O–H groups in total. The number of anilines is 1. The lowest BCUT2D eigenvalue weighted by Gasteiger charge is -2.06. The number of ether oxygens (including phenoxy) is 2. The van der Waals surface area contributed by atoms with E-state index in [-0.39, 0.29) is 11.9 Å². The van der Waals surface area contributed by atoms with Gasteiger partial charge in [-0.1, -0.05) is 0 Å². The van der Waals surface area contributed by atoms with Crippen molar-refractivity contribution in [1.82, 2.24) is 15.0 Å². The highest BCUT2D eigenvalue weighted by Gasteiger charge is 2.08. The van der Waals surface area contributed by atoms with E-state index >= 15 is 0 Å². The molecule has 0 spiro atoms. The van der Waals surface area contributed by atoms with Gasteiger partial charge in [0.25, 0.3) is 5.91 Å². The second-order valence-corrected chi connectivity index (χ2v) is 3.73. The topological polar surface area (TPSA) is 86.2 Å². The molecule has 0 aliphatic heterocycles. The third kappa shape index (κ3) is 3.41. The Balaban J connectivity index is 2.03. The zero-order chi connectivity index (χ0) is 14.4. The second-order valence-electron chi connectivity index (χ2n) is 3.73. The molecule has 0 unspecified atom stereocenters. The molecule has 0 aromatic carbocycles. The molecule has 2 aromatic rings. The van der Waals surface area contributed by atoms with Gasteiger partial charge in [-0.2, -0.15) is 0 Å². The van der Waals surface area contributed by atoms with E-state index < -0.39 is 0 Å². The molecule has 0 bridgehead atoms. The predicted octanol–water partition coefficient (Wildman–Crippen LogP) is 1.53. The first-order valence-corrected chi connectivity index (χ1v) is 5.99. The fourth-order valence-corrected chi connectivity index (χ4v) is 1.44. The third-order valence-electron chi connectivity index (χ3n) is 2.36. The number of nitrogens with zero attached hydrogens (tertiary/aromatic N) is 3. The molecule has 0 atom stereocenters. The van der Waals surface area contributed by atoms with Crippen molar-refractivity contribution in [2.24, 2.45) is 0 Å². The Labute approximate surface area is 116 Å². The van der Waals surface area contributed by atoms with Crippen LogP contribution in [-0.4, -0.2) is 34.6 Å². The summed E-state index contributed by atoms with van der Waals surface area (Å²) in [6.45, 7) is 2.40. The lowest BCUT2D eigenvalue weighted by molar-refractivity contribution is 0.102. The molecule has 0 saturated carbocycles. The molecular formula is C13H14N4O3. The Bertz CT molecular complexity index is 569. The van der Waals surface area contributed by atoms with E-state index in [0.717, 1.165) is 0 Å². The van der Waals surface area contributed by atoms with Crippen LogP contribution in [0.5, 0.6) is 11.9 Å². The molecule has 0 radical (unpaired) electrons. The monoisotopic (exact) mass is 274 g/mol. The van der Waals surface area contributed by atoms with Crippen molar-refractivity contribution in [2.45, 2.75) is 6.92 Å². The van der Waals surface area contributed by atoms with Gasteiger partial charge in [-0.3, -0.25) is 4.79 Å². The van der Waals surface area contributed by atoms with Gasteiger partial charge in [-0.15, -0.1) is 0 Å². The Morgan fingerprint density at radius 2 is 1.95 bits per heavy atom. The summed E-state index contributed by atoms with van der Waals surface area (Å²) in [6, 6.07) is 3.52. The molecule has 1 amide bonds. The van der Waals surface area contributed by atoms with Crippen molar-refractivity contribution >= 4 is 11.6 Å². The van der Waals surface area contributed by atoms with Gasteiger partial charge in [0.1, 0.15) is 0 Å². The molecule has 7 nitrogen and oxygen atoms in total. The van der Waals surface area contributed by atoms with E-state index in [9.17, 15) is 4.79 Å². The van der Waals surface area contributed by atoms with Crippen LogP contribution >= 0.6 is 0 Å². The number of hydrogen-bond donors (Lipinski definition) is 1.